The smallest absolute Gasteiger partial charge is 0.190 e. The molecule has 8 heavy (non-hydrogen) atoms. The molecular weight excluding hydrogens is 108 g/mol. The molecule has 1 unspecified atom stereocenters. The van der Waals surface area contributed by atoms with E-state index < -0.39 is 0 Å². The van der Waals surface area contributed by atoms with E-state index in [4.69, 9.17) is 15.3 Å². The molecule has 0 amide bonds. The molecule has 4 nitrogen and oxygen atoms in total. The largest absolute Gasteiger partial charge is 0.475 e. The molecular formula is C4H8N2O2. The molecule has 1 rings (SSSR count). The zero-order valence-electron chi connectivity index (χ0n) is 4.33. The van der Waals surface area contributed by atoms with Gasteiger partial charge in [0.25, 0.3) is 0 Å². The van der Waals surface area contributed by atoms with Crippen molar-refractivity contribution in [2.75, 3.05) is 6.79 Å². The van der Waals surface area contributed by atoms with E-state index in [1.165, 1.54) is 0 Å². The molecule has 0 saturated carbocycles. The van der Waals surface area contributed by atoms with E-state index in [1.807, 2.05) is 0 Å². The molecule has 46 valence electrons. The van der Waals surface area contributed by atoms with Gasteiger partial charge in [-0.2, -0.15) is 0 Å². The molecule has 0 bridgehead atoms. The summed E-state index contributed by atoms with van der Waals surface area (Å²) in [4.78, 5) is 0. The molecule has 1 aliphatic rings. The minimum atomic E-state index is -0.191. The Balaban J connectivity index is 2.32. The summed E-state index contributed by atoms with van der Waals surface area (Å²) in [6.45, 7) is 0.269. The molecule has 0 aromatic heterocycles. The summed E-state index contributed by atoms with van der Waals surface area (Å²) >= 11 is 0. The molecule has 0 fully saturated rings. The van der Waals surface area contributed by atoms with E-state index in [-0.39, 0.29) is 13.0 Å². The lowest BCUT2D eigenvalue weighted by Gasteiger charge is -2.15. The average molecular weight is 116 g/mol. The highest BCUT2D eigenvalue weighted by Gasteiger charge is 2.03. The summed E-state index contributed by atoms with van der Waals surface area (Å²) in [6.07, 6.45) is 3.04. The predicted molar refractivity (Wildman–Crippen MR) is 27.3 cm³/mol. The molecule has 0 spiro atoms. The number of ether oxygens (including phenoxy) is 2. The summed E-state index contributed by atoms with van der Waals surface area (Å²) in [5, 5.41) is 0. The number of hydrazine groups is 1. The number of nitrogens with two attached hydrogens (primary N) is 1. The number of nitrogens with one attached hydrogen (secondary N) is 1. The van der Waals surface area contributed by atoms with Crippen molar-refractivity contribution in [3.8, 4) is 0 Å². The van der Waals surface area contributed by atoms with E-state index in [0.717, 1.165) is 0 Å². The number of hydrogen-bond acceptors (Lipinski definition) is 4. The van der Waals surface area contributed by atoms with E-state index >= 15 is 0 Å². The summed E-state index contributed by atoms with van der Waals surface area (Å²) in [5.41, 5.74) is 2.41. The minimum absolute atomic E-state index is 0.191. The Hall–Kier alpha value is -0.580. The van der Waals surface area contributed by atoms with Crippen molar-refractivity contribution >= 4 is 0 Å². The molecule has 0 aliphatic carbocycles. The van der Waals surface area contributed by atoms with Crippen molar-refractivity contribution < 1.29 is 9.47 Å². The van der Waals surface area contributed by atoms with Gasteiger partial charge in [-0.1, -0.05) is 0 Å². The van der Waals surface area contributed by atoms with Crippen LogP contribution < -0.4 is 11.3 Å². The number of hydrogen-bond donors (Lipinski definition) is 2. The van der Waals surface area contributed by atoms with Gasteiger partial charge in [-0.25, -0.2) is 5.43 Å². The summed E-state index contributed by atoms with van der Waals surface area (Å²) in [6, 6.07) is 0. The Bertz CT molecular complexity index is 94.0. The lowest BCUT2D eigenvalue weighted by molar-refractivity contribution is -0.0685. The van der Waals surface area contributed by atoms with Gasteiger partial charge in [0, 0.05) is 0 Å². The van der Waals surface area contributed by atoms with Crippen molar-refractivity contribution in [1.82, 2.24) is 5.43 Å². The van der Waals surface area contributed by atoms with E-state index in [2.05, 4.69) is 5.43 Å². The Labute approximate surface area is 47.2 Å². The first-order valence-electron chi connectivity index (χ1n) is 2.29. The SMILES string of the molecule is NNC1C=COCO1. The van der Waals surface area contributed by atoms with Gasteiger partial charge in [0.2, 0.25) is 0 Å². The second kappa shape index (κ2) is 2.66. The second-order valence-electron chi connectivity index (χ2n) is 1.37. The van der Waals surface area contributed by atoms with Crippen LogP contribution in [-0.2, 0) is 9.47 Å². The zero-order chi connectivity index (χ0) is 5.82. The maximum atomic E-state index is 5.02. The zero-order valence-corrected chi connectivity index (χ0v) is 4.33. The summed E-state index contributed by atoms with van der Waals surface area (Å²) < 4.78 is 9.59. The van der Waals surface area contributed by atoms with Gasteiger partial charge in [0.15, 0.2) is 6.79 Å². The van der Waals surface area contributed by atoms with Gasteiger partial charge in [0.1, 0.15) is 6.23 Å². The molecule has 1 heterocycles. The standard InChI is InChI=1S/C4H8N2O2/c5-6-4-1-2-7-3-8-4/h1-2,4,6H,3,5H2. The summed E-state index contributed by atoms with van der Waals surface area (Å²) in [7, 11) is 0. The Kier molecular flexibility index (Phi) is 1.85. The monoisotopic (exact) mass is 116 g/mol. The molecule has 0 aromatic rings. The maximum Gasteiger partial charge on any atom is 0.190 e. The van der Waals surface area contributed by atoms with Crippen LogP contribution in [0.5, 0.6) is 0 Å². The van der Waals surface area contributed by atoms with Crippen molar-refractivity contribution in [3.05, 3.63) is 12.3 Å². The highest BCUT2D eigenvalue weighted by molar-refractivity contribution is 4.82. The van der Waals surface area contributed by atoms with Crippen molar-refractivity contribution in [2.45, 2.75) is 6.23 Å². The summed E-state index contributed by atoms with van der Waals surface area (Å²) in [5.74, 6) is 5.02. The molecule has 3 N–H and O–H groups in total. The predicted octanol–water partition coefficient (Wildman–Crippen LogP) is -0.706. The van der Waals surface area contributed by atoms with Gasteiger partial charge in [0.05, 0.1) is 6.26 Å². The lowest BCUT2D eigenvalue weighted by atomic mass is 10.5. The molecule has 4 heteroatoms. The van der Waals surface area contributed by atoms with Gasteiger partial charge >= 0.3 is 0 Å². The van der Waals surface area contributed by atoms with Crippen LogP contribution in [-0.4, -0.2) is 13.0 Å². The first-order valence-corrected chi connectivity index (χ1v) is 2.29. The van der Waals surface area contributed by atoms with Crippen LogP contribution in [0.15, 0.2) is 12.3 Å². The van der Waals surface area contributed by atoms with E-state index in [1.54, 1.807) is 12.3 Å². The quantitative estimate of drug-likeness (QED) is 0.351. The average Bonchev–Trinajstić information content (AvgIpc) is 1.90. The third-order valence-corrected chi connectivity index (χ3v) is 0.829. The van der Waals surface area contributed by atoms with Crippen LogP contribution in [0, 0.1) is 0 Å². The third kappa shape index (κ3) is 1.19. The molecule has 1 aliphatic heterocycles. The van der Waals surface area contributed by atoms with E-state index in [0.29, 0.717) is 0 Å². The van der Waals surface area contributed by atoms with Gasteiger partial charge in [-0.05, 0) is 6.08 Å². The highest BCUT2D eigenvalue weighted by atomic mass is 16.7. The Morgan fingerprint density at radius 3 is 3.00 bits per heavy atom. The fourth-order valence-electron chi connectivity index (χ4n) is 0.438. The topological polar surface area (TPSA) is 56.5 Å². The lowest BCUT2D eigenvalue weighted by Crippen LogP contribution is -2.37. The van der Waals surface area contributed by atoms with Crippen LogP contribution in [0.1, 0.15) is 0 Å². The molecule has 1 atom stereocenters. The van der Waals surface area contributed by atoms with Crippen molar-refractivity contribution in [3.63, 3.8) is 0 Å². The third-order valence-electron chi connectivity index (χ3n) is 0.829. The van der Waals surface area contributed by atoms with Gasteiger partial charge in [-0.15, -0.1) is 0 Å². The van der Waals surface area contributed by atoms with Gasteiger partial charge < -0.3 is 9.47 Å². The Morgan fingerprint density at radius 2 is 2.62 bits per heavy atom. The minimum Gasteiger partial charge on any atom is -0.475 e. The van der Waals surface area contributed by atoms with Crippen LogP contribution in [0.3, 0.4) is 0 Å². The first-order chi connectivity index (χ1) is 3.93. The van der Waals surface area contributed by atoms with Crippen molar-refractivity contribution in [1.29, 1.82) is 0 Å². The van der Waals surface area contributed by atoms with Crippen LogP contribution in [0.4, 0.5) is 0 Å². The molecule has 0 saturated heterocycles. The molecule has 0 radical (unpaired) electrons. The second-order valence-corrected chi connectivity index (χ2v) is 1.37. The Morgan fingerprint density at radius 1 is 1.75 bits per heavy atom. The van der Waals surface area contributed by atoms with Gasteiger partial charge in [-0.3, -0.25) is 5.84 Å². The number of rotatable bonds is 1. The molecule has 0 aromatic carbocycles. The normalized spacial score (nSPS) is 27.4. The van der Waals surface area contributed by atoms with Crippen molar-refractivity contribution in [2.24, 2.45) is 5.84 Å². The fraction of sp³-hybridized carbons (Fsp3) is 0.500. The highest BCUT2D eigenvalue weighted by Crippen LogP contribution is 1.95. The fourth-order valence-corrected chi connectivity index (χ4v) is 0.438. The first kappa shape index (κ1) is 5.55. The van der Waals surface area contributed by atoms with Crippen LogP contribution in [0.25, 0.3) is 0 Å². The van der Waals surface area contributed by atoms with E-state index in [9.17, 15) is 0 Å². The van der Waals surface area contributed by atoms with Crippen LogP contribution >= 0.6 is 0 Å². The maximum absolute atomic E-state index is 5.02. The van der Waals surface area contributed by atoms with Crippen LogP contribution in [0.2, 0.25) is 0 Å².